The first-order chi connectivity index (χ1) is 10.9. The predicted molar refractivity (Wildman–Crippen MR) is 94.4 cm³/mol. The van der Waals surface area contributed by atoms with Gasteiger partial charge in [-0.2, -0.15) is 0 Å². The maximum Gasteiger partial charge on any atom is 0.323 e. The molecule has 3 rings (SSSR count). The van der Waals surface area contributed by atoms with Gasteiger partial charge in [0, 0.05) is 5.56 Å². The third kappa shape index (κ3) is 4.73. The average molecular weight is 300 g/mol. The molecule has 0 saturated heterocycles. The van der Waals surface area contributed by atoms with Gasteiger partial charge in [0.2, 0.25) is 0 Å². The number of benzene rings is 2. The number of hydrogen-bond acceptors (Lipinski definition) is 2. The molecule has 0 amide bonds. The molecular formula is C20H28O2. The van der Waals surface area contributed by atoms with E-state index in [9.17, 15) is 4.79 Å². The van der Waals surface area contributed by atoms with Crippen LogP contribution in [-0.2, 0) is 4.79 Å². The summed E-state index contributed by atoms with van der Waals surface area (Å²) in [6.45, 7) is 12.0. The van der Waals surface area contributed by atoms with Crippen LogP contribution < -0.4 is 4.74 Å². The zero-order chi connectivity index (χ0) is 17.0. The van der Waals surface area contributed by atoms with Crippen molar-refractivity contribution in [1.29, 1.82) is 0 Å². The van der Waals surface area contributed by atoms with Gasteiger partial charge in [-0.3, -0.25) is 4.79 Å². The zero-order valence-corrected chi connectivity index (χ0v) is 14.6. The van der Waals surface area contributed by atoms with Crippen LogP contribution in [0.3, 0.4) is 0 Å². The first-order valence-electron chi connectivity index (χ1n) is 8.22. The summed E-state index contributed by atoms with van der Waals surface area (Å²) in [6.07, 6.45) is 0. The molecule has 2 aromatic rings. The Hall–Kier alpha value is -2.09. The van der Waals surface area contributed by atoms with Crippen molar-refractivity contribution >= 4 is 5.97 Å². The molecule has 1 aliphatic rings. The van der Waals surface area contributed by atoms with Gasteiger partial charge in [-0.25, -0.2) is 0 Å². The molecule has 0 fully saturated rings. The van der Waals surface area contributed by atoms with E-state index < -0.39 is 0 Å². The monoisotopic (exact) mass is 300 g/mol. The maximum atomic E-state index is 11.8. The molecule has 2 aromatic carbocycles. The van der Waals surface area contributed by atoms with Crippen LogP contribution >= 0.6 is 0 Å². The second-order valence-corrected chi connectivity index (χ2v) is 3.80. The van der Waals surface area contributed by atoms with E-state index in [4.69, 9.17) is 4.74 Å². The largest absolute Gasteiger partial charge is 0.425 e. The van der Waals surface area contributed by atoms with Gasteiger partial charge in [-0.05, 0) is 11.6 Å². The molecule has 0 spiro atoms. The fourth-order valence-corrected chi connectivity index (χ4v) is 2.07. The smallest absolute Gasteiger partial charge is 0.323 e. The molecule has 0 radical (unpaired) electrons. The number of rotatable bonds is 1. The van der Waals surface area contributed by atoms with Gasteiger partial charge in [0.1, 0.15) is 11.7 Å². The number of ether oxygens (including phenoxy) is 1. The lowest BCUT2D eigenvalue weighted by molar-refractivity contribution is -0.133. The van der Waals surface area contributed by atoms with E-state index in [0.717, 1.165) is 11.1 Å². The number of para-hydroxylation sites is 1. The van der Waals surface area contributed by atoms with Gasteiger partial charge in [0.15, 0.2) is 0 Å². The second-order valence-electron chi connectivity index (χ2n) is 3.80. The van der Waals surface area contributed by atoms with E-state index >= 15 is 0 Å². The lowest BCUT2D eigenvalue weighted by Crippen LogP contribution is -2.11. The van der Waals surface area contributed by atoms with Crippen molar-refractivity contribution in [3.63, 3.8) is 0 Å². The number of carbonyl (C=O) groups excluding carboxylic acids is 1. The van der Waals surface area contributed by atoms with Crippen LogP contribution in [0.1, 0.15) is 58.6 Å². The second kappa shape index (κ2) is 11.6. The minimum Gasteiger partial charge on any atom is -0.425 e. The van der Waals surface area contributed by atoms with Crippen molar-refractivity contribution in [1.82, 2.24) is 0 Å². The fourth-order valence-electron chi connectivity index (χ4n) is 2.07. The van der Waals surface area contributed by atoms with E-state index in [2.05, 4.69) is 0 Å². The first-order valence-corrected chi connectivity index (χ1v) is 8.22. The Labute approximate surface area is 135 Å². The summed E-state index contributed by atoms with van der Waals surface area (Å²) in [5.74, 6) is 0.228. The van der Waals surface area contributed by atoms with Crippen LogP contribution in [-0.4, -0.2) is 5.97 Å². The van der Waals surface area contributed by atoms with Crippen molar-refractivity contribution in [3.8, 4) is 5.75 Å². The molecule has 1 atom stereocenters. The molecule has 0 bridgehead atoms. The summed E-state index contributed by atoms with van der Waals surface area (Å²) in [5.41, 5.74) is 1.94. The number of hydrogen-bond donors (Lipinski definition) is 0. The molecule has 1 aliphatic heterocycles. The molecule has 0 aromatic heterocycles. The Morgan fingerprint density at radius 3 is 1.82 bits per heavy atom. The fraction of sp³-hybridized carbons (Fsp3) is 0.350. The highest BCUT2D eigenvalue weighted by Gasteiger charge is 2.33. The molecule has 1 heterocycles. The van der Waals surface area contributed by atoms with Crippen LogP contribution in [0.2, 0.25) is 0 Å². The topological polar surface area (TPSA) is 26.3 Å². The van der Waals surface area contributed by atoms with E-state index in [1.54, 1.807) is 0 Å². The Balaban J connectivity index is 0.000000661. The van der Waals surface area contributed by atoms with Gasteiger partial charge in [0.05, 0.1) is 0 Å². The van der Waals surface area contributed by atoms with Crippen molar-refractivity contribution in [2.24, 2.45) is 0 Å². The Kier molecular flexibility index (Phi) is 10.5. The van der Waals surface area contributed by atoms with E-state index in [1.165, 1.54) is 0 Å². The molecule has 22 heavy (non-hydrogen) atoms. The molecular weight excluding hydrogens is 272 g/mol. The summed E-state index contributed by atoms with van der Waals surface area (Å²) in [4.78, 5) is 11.8. The normalized spacial score (nSPS) is 13.9. The molecule has 120 valence electrons. The average Bonchev–Trinajstić information content (AvgIpc) is 2.97. The molecule has 2 nitrogen and oxygen atoms in total. The highest BCUT2D eigenvalue weighted by molar-refractivity contribution is 5.89. The van der Waals surface area contributed by atoms with E-state index in [0.29, 0.717) is 5.75 Å². The predicted octanol–water partition coefficient (Wildman–Crippen LogP) is 5.82. The summed E-state index contributed by atoms with van der Waals surface area (Å²) < 4.78 is 5.23. The minimum absolute atomic E-state index is 0.188. The first kappa shape index (κ1) is 19.9. The zero-order valence-electron chi connectivity index (χ0n) is 14.6. The summed E-state index contributed by atoms with van der Waals surface area (Å²) in [7, 11) is 0. The quantitative estimate of drug-likeness (QED) is 0.490. The van der Waals surface area contributed by atoms with Crippen molar-refractivity contribution < 1.29 is 9.53 Å². The van der Waals surface area contributed by atoms with Gasteiger partial charge < -0.3 is 4.74 Å². The number of fused-ring (bicyclic) bond motifs is 1. The summed E-state index contributed by atoms with van der Waals surface area (Å²) >= 11 is 0. The Morgan fingerprint density at radius 1 is 0.727 bits per heavy atom. The van der Waals surface area contributed by atoms with Crippen LogP contribution in [0.5, 0.6) is 5.75 Å². The van der Waals surface area contributed by atoms with E-state index in [-0.39, 0.29) is 11.9 Å². The highest BCUT2D eigenvalue weighted by Crippen LogP contribution is 2.38. The maximum absolute atomic E-state index is 11.8. The highest BCUT2D eigenvalue weighted by atomic mass is 16.5. The standard InChI is InChI=1S/C14H10O2.3C2H6/c15-14-13(10-6-2-1-3-7-10)11-8-4-5-9-12(11)16-14;3*1-2/h1-9,13H;3*1-2H3. The number of carbonyl (C=O) groups is 1. The molecule has 1 unspecified atom stereocenters. The summed E-state index contributed by atoms with van der Waals surface area (Å²) in [5, 5.41) is 0. The molecule has 0 N–H and O–H groups in total. The summed E-state index contributed by atoms with van der Waals surface area (Å²) in [6, 6.07) is 17.3. The van der Waals surface area contributed by atoms with Crippen LogP contribution in [0.25, 0.3) is 0 Å². The van der Waals surface area contributed by atoms with Gasteiger partial charge in [0.25, 0.3) is 0 Å². The van der Waals surface area contributed by atoms with Gasteiger partial charge >= 0.3 is 5.97 Å². The van der Waals surface area contributed by atoms with Crippen LogP contribution in [0.4, 0.5) is 0 Å². The lowest BCUT2D eigenvalue weighted by atomic mass is 9.93. The lowest BCUT2D eigenvalue weighted by Gasteiger charge is -2.06. The molecule has 2 heteroatoms. The van der Waals surface area contributed by atoms with E-state index in [1.807, 2.05) is 96.1 Å². The Morgan fingerprint density at radius 2 is 1.23 bits per heavy atom. The third-order valence-electron chi connectivity index (χ3n) is 2.81. The van der Waals surface area contributed by atoms with Gasteiger partial charge in [-0.15, -0.1) is 0 Å². The Bertz CT molecular complexity index is 532. The van der Waals surface area contributed by atoms with Crippen molar-refractivity contribution in [3.05, 3.63) is 65.7 Å². The van der Waals surface area contributed by atoms with Crippen molar-refractivity contribution in [2.75, 3.05) is 0 Å². The van der Waals surface area contributed by atoms with Crippen LogP contribution in [0, 0.1) is 0 Å². The SMILES string of the molecule is CC.CC.CC.O=C1Oc2ccccc2C1c1ccccc1. The van der Waals surface area contributed by atoms with Crippen LogP contribution in [0.15, 0.2) is 54.6 Å². The van der Waals surface area contributed by atoms with Crippen molar-refractivity contribution in [2.45, 2.75) is 47.5 Å². The van der Waals surface area contributed by atoms with Gasteiger partial charge in [-0.1, -0.05) is 90.1 Å². The third-order valence-corrected chi connectivity index (χ3v) is 2.81. The molecule has 0 aliphatic carbocycles. The molecule has 0 saturated carbocycles. The number of esters is 1. The minimum atomic E-state index is -0.266.